The van der Waals surface area contributed by atoms with Crippen molar-refractivity contribution in [2.75, 3.05) is 26.8 Å². The molecule has 1 heterocycles. The first-order valence-electron chi connectivity index (χ1n) is 7.61. The van der Waals surface area contributed by atoms with E-state index in [1.54, 1.807) is 0 Å². The molecule has 19 heavy (non-hydrogen) atoms. The van der Waals surface area contributed by atoms with E-state index in [0.717, 1.165) is 44.8 Å². The minimum atomic E-state index is -0.557. The third-order valence-corrected chi connectivity index (χ3v) is 4.92. The van der Waals surface area contributed by atoms with Gasteiger partial charge in [0, 0.05) is 19.3 Å². The van der Waals surface area contributed by atoms with Crippen molar-refractivity contribution in [1.82, 2.24) is 4.90 Å². The van der Waals surface area contributed by atoms with Crippen LogP contribution in [0.3, 0.4) is 0 Å². The van der Waals surface area contributed by atoms with Gasteiger partial charge in [-0.25, -0.2) is 0 Å². The zero-order valence-corrected chi connectivity index (χ0v) is 12.1. The highest BCUT2D eigenvalue weighted by atomic mass is 16.5. The average molecular weight is 265 g/mol. The number of nitriles is 1. The number of nitrogens with zero attached hydrogens (tertiary/aromatic N) is 2. The lowest BCUT2D eigenvalue weighted by Gasteiger charge is -2.37. The maximum Gasteiger partial charge on any atom is 0.104 e. The summed E-state index contributed by atoms with van der Waals surface area (Å²) in [6.45, 7) is 3.05. The van der Waals surface area contributed by atoms with Crippen molar-refractivity contribution in [1.29, 1.82) is 5.26 Å². The molecule has 0 spiro atoms. The van der Waals surface area contributed by atoms with Gasteiger partial charge in [-0.1, -0.05) is 0 Å². The van der Waals surface area contributed by atoms with Gasteiger partial charge in [0.1, 0.15) is 5.54 Å². The number of nitrogens with two attached hydrogens (primary N) is 1. The van der Waals surface area contributed by atoms with E-state index in [1.807, 2.05) is 0 Å². The monoisotopic (exact) mass is 265 g/mol. The van der Waals surface area contributed by atoms with Crippen molar-refractivity contribution >= 4 is 0 Å². The molecule has 2 rings (SSSR count). The molecule has 1 aliphatic heterocycles. The molecule has 1 saturated carbocycles. The smallest absolute Gasteiger partial charge is 0.104 e. The molecule has 0 aromatic heterocycles. The molecule has 0 atom stereocenters. The van der Waals surface area contributed by atoms with Gasteiger partial charge in [0.15, 0.2) is 0 Å². The Hall–Kier alpha value is -0.630. The lowest BCUT2D eigenvalue weighted by Crippen LogP contribution is -2.47. The summed E-state index contributed by atoms with van der Waals surface area (Å²) in [6.07, 6.45) is 7.54. The van der Waals surface area contributed by atoms with Crippen LogP contribution in [0.25, 0.3) is 0 Å². The zero-order valence-electron chi connectivity index (χ0n) is 12.1. The van der Waals surface area contributed by atoms with Crippen molar-refractivity contribution < 1.29 is 4.74 Å². The SMILES string of the molecule is CN(CCC1CCOCC1)C1CCC(N)(C#N)CC1. The number of hydrogen-bond acceptors (Lipinski definition) is 4. The second-order valence-electron chi connectivity index (χ2n) is 6.32. The van der Waals surface area contributed by atoms with E-state index in [2.05, 4.69) is 18.0 Å². The van der Waals surface area contributed by atoms with Crippen LogP contribution in [0.15, 0.2) is 0 Å². The Morgan fingerprint density at radius 3 is 2.47 bits per heavy atom. The van der Waals surface area contributed by atoms with Crippen molar-refractivity contribution in [3.05, 3.63) is 0 Å². The van der Waals surface area contributed by atoms with Crippen molar-refractivity contribution in [2.45, 2.75) is 56.5 Å². The summed E-state index contributed by atoms with van der Waals surface area (Å²) in [7, 11) is 2.22. The van der Waals surface area contributed by atoms with E-state index in [4.69, 9.17) is 15.7 Å². The Morgan fingerprint density at radius 2 is 1.89 bits per heavy atom. The fourth-order valence-electron chi connectivity index (χ4n) is 3.27. The fraction of sp³-hybridized carbons (Fsp3) is 0.933. The molecule has 0 amide bonds. The van der Waals surface area contributed by atoms with Gasteiger partial charge in [0.25, 0.3) is 0 Å². The molecule has 0 aromatic carbocycles. The van der Waals surface area contributed by atoms with E-state index < -0.39 is 5.54 Å². The maximum absolute atomic E-state index is 9.05. The first kappa shape index (κ1) is 14.8. The minimum Gasteiger partial charge on any atom is -0.381 e. The van der Waals surface area contributed by atoms with Crippen LogP contribution in [0.5, 0.6) is 0 Å². The molecule has 1 aliphatic carbocycles. The highest BCUT2D eigenvalue weighted by Crippen LogP contribution is 2.29. The lowest BCUT2D eigenvalue weighted by atomic mass is 9.80. The molecule has 2 fully saturated rings. The van der Waals surface area contributed by atoms with Gasteiger partial charge in [-0.2, -0.15) is 5.26 Å². The molecule has 0 radical (unpaired) electrons. The molecule has 4 nitrogen and oxygen atoms in total. The molecule has 2 N–H and O–H groups in total. The molecule has 108 valence electrons. The molecular formula is C15H27N3O. The van der Waals surface area contributed by atoms with E-state index in [0.29, 0.717) is 6.04 Å². The first-order chi connectivity index (χ1) is 9.13. The Labute approximate surface area is 116 Å². The van der Waals surface area contributed by atoms with Crippen LogP contribution in [0.2, 0.25) is 0 Å². The van der Waals surface area contributed by atoms with Crippen molar-refractivity contribution in [3.8, 4) is 6.07 Å². The standard InChI is InChI=1S/C15H27N3O/c1-18(9-4-13-5-10-19-11-6-13)14-2-7-15(17,12-16)8-3-14/h13-14H,2-11,17H2,1H3. The van der Waals surface area contributed by atoms with Gasteiger partial charge in [-0.15, -0.1) is 0 Å². The van der Waals surface area contributed by atoms with E-state index >= 15 is 0 Å². The van der Waals surface area contributed by atoms with Crippen LogP contribution in [0, 0.1) is 17.2 Å². The first-order valence-corrected chi connectivity index (χ1v) is 7.61. The quantitative estimate of drug-likeness (QED) is 0.843. The number of rotatable bonds is 4. The van der Waals surface area contributed by atoms with Gasteiger partial charge in [0.05, 0.1) is 6.07 Å². The molecule has 4 heteroatoms. The largest absolute Gasteiger partial charge is 0.381 e. The second kappa shape index (κ2) is 6.69. The summed E-state index contributed by atoms with van der Waals surface area (Å²) in [6, 6.07) is 2.88. The van der Waals surface area contributed by atoms with Crippen LogP contribution in [0.4, 0.5) is 0 Å². The lowest BCUT2D eigenvalue weighted by molar-refractivity contribution is 0.0577. The molecular weight excluding hydrogens is 238 g/mol. The predicted molar refractivity (Wildman–Crippen MR) is 75.6 cm³/mol. The topological polar surface area (TPSA) is 62.3 Å². The van der Waals surface area contributed by atoms with Crippen molar-refractivity contribution in [2.24, 2.45) is 11.7 Å². The van der Waals surface area contributed by atoms with Crippen LogP contribution in [0.1, 0.15) is 44.9 Å². The van der Waals surface area contributed by atoms with E-state index in [1.165, 1.54) is 25.8 Å². The van der Waals surface area contributed by atoms with Gasteiger partial charge in [-0.3, -0.25) is 0 Å². The van der Waals surface area contributed by atoms with Gasteiger partial charge in [0.2, 0.25) is 0 Å². The Balaban J connectivity index is 1.69. The number of ether oxygens (including phenoxy) is 1. The van der Waals surface area contributed by atoms with Gasteiger partial charge < -0.3 is 15.4 Å². The molecule has 0 unspecified atom stereocenters. The molecule has 1 saturated heterocycles. The highest BCUT2D eigenvalue weighted by molar-refractivity contribution is 5.07. The summed E-state index contributed by atoms with van der Waals surface area (Å²) in [5.41, 5.74) is 5.46. The van der Waals surface area contributed by atoms with Crippen LogP contribution in [-0.4, -0.2) is 43.3 Å². The summed E-state index contributed by atoms with van der Waals surface area (Å²) in [5, 5.41) is 9.05. The van der Waals surface area contributed by atoms with Gasteiger partial charge in [-0.05, 0) is 64.5 Å². The molecule has 2 aliphatic rings. The Morgan fingerprint density at radius 1 is 1.26 bits per heavy atom. The Kier molecular flexibility index (Phi) is 5.20. The zero-order chi connectivity index (χ0) is 13.7. The minimum absolute atomic E-state index is 0.557. The van der Waals surface area contributed by atoms with Crippen LogP contribution in [-0.2, 0) is 4.74 Å². The summed E-state index contributed by atoms with van der Waals surface area (Å²) in [4.78, 5) is 2.48. The highest BCUT2D eigenvalue weighted by Gasteiger charge is 2.33. The average Bonchev–Trinajstić information content (AvgIpc) is 2.47. The number of hydrogen-bond donors (Lipinski definition) is 1. The van der Waals surface area contributed by atoms with Gasteiger partial charge >= 0.3 is 0 Å². The predicted octanol–water partition coefficient (Wildman–Crippen LogP) is 1.90. The van der Waals surface area contributed by atoms with Crippen LogP contribution < -0.4 is 5.73 Å². The fourth-order valence-corrected chi connectivity index (χ4v) is 3.27. The second-order valence-corrected chi connectivity index (χ2v) is 6.32. The maximum atomic E-state index is 9.05. The third-order valence-electron chi connectivity index (χ3n) is 4.92. The van der Waals surface area contributed by atoms with Crippen LogP contribution >= 0.6 is 0 Å². The van der Waals surface area contributed by atoms with E-state index in [9.17, 15) is 0 Å². The third kappa shape index (κ3) is 4.17. The van der Waals surface area contributed by atoms with E-state index in [-0.39, 0.29) is 0 Å². The normalized spacial score (nSPS) is 33.3. The Bertz CT molecular complexity index is 312. The summed E-state index contributed by atoms with van der Waals surface area (Å²) in [5.74, 6) is 0.840. The summed E-state index contributed by atoms with van der Waals surface area (Å²) >= 11 is 0. The summed E-state index contributed by atoms with van der Waals surface area (Å²) < 4.78 is 5.40. The molecule has 0 bridgehead atoms. The molecule has 0 aromatic rings. The van der Waals surface area contributed by atoms with Crippen molar-refractivity contribution in [3.63, 3.8) is 0 Å².